The van der Waals surface area contributed by atoms with Gasteiger partial charge in [0.2, 0.25) is 0 Å². The molecule has 2 rings (SSSR count). The zero-order chi connectivity index (χ0) is 11.4. The van der Waals surface area contributed by atoms with Crippen LogP contribution in [0.2, 0.25) is 0 Å². The van der Waals surface area contributed by atoms with Gasteiger partial charge in [-0.15, -0.1) is 12.4 Å². The predicted octanol–water partition coefficient (Wildman–Crippen LogP) is 2.02. The van der Waals surface area contributed by atoms with E-state index < -0.39 is 0 Å². The number of nitrogens with two attached hydrogens (primary N) is 1. The van der Waals surface area contributed by atoms with Crippen molar-refractivity contribution in [3.63, 3.8) is 0 Å². The minimum Gasteiger partial charge on any atom is -0.497 e. The molecule has 0 aromatic heterocycles. The second kappa shape index (κ2) is 6.84. The molecule has 3 nitrogen and oxygen atoms in total. The molecule has 0 amide bonds. The van der Waals surface area contributed by atoms with Gasteiger partial charge in [-0.25, -0.2) is 0 Å². The molecule has 0 aliphatic carbocycles. The highest BCUT2D eigenvalue weighted by atomic mass is 35.5. The van der Waals surface area contributed by atoms with Crippen LogP contribution >= 0.6 is 12.4 Å². The first-order valence-electron chi connectivity index (χ1n) is 5.76. The predicted molar refractivity (Wildman–Crippen MR) is 70.8 cm³/mol. The molecule has 1 fully saturated rings. The number of halogens is 1. The van der Waals surface area contributed by atoms with Gasteiger partial charge >= 0.3 is 0 Å². The summed E-state index contributed by atoms with van der Waals surface area (Å²) < 4.78 is 10.6. The number of hydrogen-bond acceptors (Lipinski definition) is 3. The number of rotatable bonds is 3. The second-order valence-electron chi connectivity index (χ2n) is 4.34. The Hall–Kier alpha value is -0.770. The van der Waals surface area contributed by atoms with Crippen LogP contribution in [0.15, 0.2) is 24.3 Å². The number of benzene rings is 1. The average molecular weight is 258 g/mol. The first-order chi connectivity index (χ1) is 7.79. The Balaban J connectivity index is 0.00000144. The van der Waals surface area contributed by atoms with Gasteiger partial charge in [0.1, 0.15) is 5.75 Å². The van der Waals surface area contributed by atoms with E-state index in [1.54, 1.807) is 7.11 Å². The summed E-state index contributed by atoms with van der Waals surface area (Å²) in [6.45, 7) is 1.59. The van der Waals surface area contributed by atoms with E-state index in [1.807, 2.05) is 12.1 Å². The van der Waals surface area contributed by atoms with Crippen molar-refractivity contribution < 1.29 is 9.47 Å². The van der Waals surface area contributed by atoms with Crippen molar-refractivity contribution in [3.8, 4) is 5.75 Å². The number of ether oxygens (including phenoxy) is 2. The van der Waals surface area contributed by atoms with E-state index in [4.69, 9.17) is 15.2 Å². The molecule has 0 spiro atoms. The highest BCUT2D eigenvalue weighted by Gasteiger charge is 2.22. The van der Waals surface area contributed by atoms with Crippen LogP contribution in [0, 0.1) is 5.92 Å². The molecule has 4 heteroatoms. The lowest BCUT2D eigenvalue weighted by Crippen LogP contribution is -2.39. The second-order valence-corrected chi connectivity index (χ2v) is 4.34. The van der Waals surface area contributed by atoms with Crippen LogP contribution in [-0.4, -0.2) is 26.4 Å². The lowest BCUT2D eigenvalue weighted by Gasteiger charge is -2.28. The van der Waals surface area contributed by atoms with Crippen LogP contribution in [0.4, 0.5) is 0 Å². The van der Waals surface area contributed by atoms with Crippen LogP contribution in [0.3, 0.4) is 0 Å². The minimum atomic E-state index is 0. The lowest BCUT2D eigenvalue weighted by atomic mass is 9.90. The summed E-state index contributed by atoms with van der Waals surface area (Å²) in [5.41, 5.74) is 7.38. The molecule has 1 aromatic rings. The quantitative estimate of drug-likeness (QED) is 0.901. The Morgan fingerprint density at radius 2 is 2.06 bits per heavy atom. The third-order valence-corrected chi connectivity index (χ3v) is 3.19. The highest BCUT2D eigenvalue weighted by molar-refractivity contribution is 5.85. The van der Waals surface area contributed by atoms with Gasteiger partial charge in [0.05, 0.1) is 13.7 Å². The van der Waals surface area contributed by atoms with E-state index in [9.17, 15) is 0 Å². The Kier molecular flexibility index (Phi) is 5.75. The topological polar surface area (TPSA) is 44.5 Å². The fourth-order valence-corrected chi connectivity index (χ4v) is 2.09. The maximum atomic E-state index is 6.08. The maximum absolute atomic E-state index is 6.08. The molecule has 2 N–H and O–H groups in total. The molecular formula is C13H20ClNO2. The summed E-state index contributed by atoms with van der Waals surface area (Å²) in [5.74, 6) is 1.34. The molecule has 17 heavy (non-hydrogen) atoms. The largest absolute Gasteiger partial charge is 0.497 e. The molecule has 1 saturated heterocycles. The summed E-state index contributed by atoms with van der Waals surface area (Å²) in [6, 6.07) is 8.45. The average Bonchev–Trinajstić information content (AvgIpc) is 2.33. The van der Waals surface area contributed by atoms with Gasteiger partial charge in [-0.05, 0) is 30.5 Å². The lowest BCUT2D eigenvalue weighted by molar-refractivity contribution is 0.0422. The Labute approximate surface area is 109 Å². The van der Waals surface area contributed by atoms with Crippen LogP contribution in [0.25, 0.3) is 0 Å². The molecular weight excluding hydrogens is 238 g/mol. The van der Waals surface area contributed by atoms with Crippen LogP contribution in [0.1, 0.15) is 12.0 Å². The molecule has 96 valence electrons. The van der Waals surface area contributed by atoms with E-state index in [1.165, 1.54) is 5.56 Å². The van der Waals surface area contributed by atoms with Crippen LogP contribution < -0.4 is 10.5 Å². The first kappa shape index (κ1) is 14.3. The third kappa shape index (κ3) is 3.87. The summed E-state index contributed by atoms with van der Waals surface area (Å²) in [6.07, 6.45) is 1.96. The summed E-state index contributed by atoms with van der Waals surface area (Å²) in [7, 11) is 1.68. The van der Waals surface area contributed by atoms with Gasteiger partial charge in [-0.2, -0.15) is 0 Å². The van der Waals surface area contributed by atoms with Gasteiger partial charge < -0.3 is 15.2 Å². The normalized spacial score (nSPS) is 23.9. The summed E-state index contributed by atoms with van der Waals surface area (Å²) >= 11 is 0. The number of methoxy groups -OCH3 is 1. The smallest absolute Gasteiger partial charge is 0.118 e. The fourth-order valence-electron chi connectivity index (χ4n) is 2.09. The zero-order valence-electron chi connectivity index (χ0n) is 10.1. The molecule has 0 bridgehead atoms. The molecule has 1 aliphatic heterocycles. The van der Waals surface area contributed by atoms with E-state index in [-0.39, 0.29) is 18.4 Å². The molecule has 1 heterocycles. The van der Waals surface area contributed by atoms with Gasteiger partial charge in [-0.1, -0.05) is 12.1 Å². The first-order valence-corrected chi connectivity index (χ1v) is 5.76. The van der Waals surface area contributed by atoms with Gasteiger partial charge in [-0.3, -0.25) is 0 Å². The molecule has 1 aromatic carbocycles. The molecule has 0 radical (unpaired) electrons. The minimum absolute atomic E-state index is 0. The van der Waals surface area contributed by atoms with Crippen molar-refractivity contribution in [2.45, 2.75) is 18.9 Å². The fraction of sp³-hybridized carbons (Fsp3) is 0.538. The Bertz CT molecular complexity index is 329. The van der Waals surface area contributed by atoms with Gasteiger partial charge in [0.25, 0.3) is 0 Å². The van der Waals surface area contributed by atoms with E-state index >= 15 is 0 Å². The van der Waals surface area contributed by atoms with Crippen molar-refractivity contribution >= 4 is 12.4 Å². The molecule has 0 saturated carbocycles. The third-order valence-electron chi connectivity index (χ3n) is 3.19. The van der Waals surface area contributed by atoms with Crippen molar-refractivity contribution in [2.75, 3.05) is 20.3 Å². The van der Waals surface area contributed by atoms with Crippen LogP contribution in [-0.2, 0) is 11.2 Å². The maximum Gasteiger partial charge on any atom is 0.118 e. The van der Waals surface area contributed by atoms with Crippen LogP contribution in [0.5, 0.6) is 5.75 Å². The Morgan fingerprint density at radius 3 is 2.65 bits per heavy atom. The Morgan fingerprint density at radius 1 is 1.35 bits per heavy atom. The number of hydrogen-bond donors (Lipinski definition) is 1. The van der Waals surface area contributed by atoms with E-state index in [0.717, 1.165) is 31.8 Å². The molecule has 1 aliphatic rings. The zero-order valence-corrected chi connectivity index (χ0v) is 10.9. The molecule has 2 unspecified atom stereocenters. The standard InChI is InChI=1S/C13H19NO2.ClH/c1-15-12-4-2-10(3-5-12)8-11-9-16-7-6-13(11)14;/h2-5,11,13H,6-9,14H2,1H3;1H. The van der Waals surface area contributed by atoms with E-state index in [0.29, 0.717) is 5.92 Å². The highest BCUT2D eigenvalue weighted by Crippen LogP contribution is 2.20. The van der Waals surface area contributed by atoms with Gasteiger partial charge in [0.15, 0.2) is 0 Å². The van der Waals surface area contributed by atoms with E-state index in [2.05, 4.69) is 12.1 Å². The van der Waals surface area contributed by atoms with Crippen molar-refractivity contribution in [2.24, 2.45) is 11.7 Å². The van der Waals surface area contributed by atoms with Crippen molar-refractivity contribution in [1.82, 2.24) is 0 Å². The van der Waals surface area contributed by atoms with Gasteiger partial charge in [0, 0.05) is 18.6 Å². The van der Waals surface area contributed by atoms with Crippen molar-refractivity contribution in [3.05, 3.63) is 29.8 Å². The SMILES string of the molecule is COc1ccc(CC2COCCC2N)cc1.Cl. The summed E-state index contributed by atoms with van der Waals surface area (Å²) in [5, 5.41) is 0. The molecule has 2 atom stereocenters. The van der Waals surface area contributed by atoms with Crippen molar-refractivity contribution in [1.29, 1.82) is 0 Å². The summed E-state index contributed by atoms with van der Waals surface area (Å²) in [4.78, 5) is 0. The monoisotopic (exact) mass is 257 g/mol.